The molecule has 0 atom stereocenters. The summed E-state index contributed by atoms with van der Waals surface area (Å²) in [7, 11) is 1.75. The van der Waals surface area contributed by atoms with Crippen LogP contribution in [-0.2, 0) is 4.74 Å². The van der Waals surface area contributed by atoms with Gasteiger partial charge in [0.1, 0.15) is 5.82 Å². The molecule has 11 nitrogen and oxygen atoms in total. The van der Waals surface area contributed by atoms with E-state index in [9.17, 15) is 4.79 Å². The van der Waals surface area contributed by atoms with Gasteiger partial charge in [-0.25, -0.2) is 14.5 Å². The van der Waals surface area contributed by atoms with Crippen LogP contribution in [0.15, 0.2) is 48.9 Å². The third kappa shape index (κ3) is 5.05. The molecular formula is C25H28N6O5. The summed E-state index contributed by atoms with van der Waals surface area (Å²) in [6.07, 6.45) is 7.63. The summed E-state index contributed by atoms with van der Waals surface area (Å²) in [5.74, 6) is 0.421. The number of nitrogens with zero attached hydrogens (tertiary/aromatic N) is 5. The summed E-state index contributed by atoms with van der Waals surface area (Å²) in [6, 6.07) is 9.91. The van der Waals surface area contributed by atoms with Crippen LogP contribution in [0.4, 0.5) is 10.6 Å². The Balaban J connectivity index is 0.000000709. The monoisotopic (exact) mass is 492 g/mol. The number of rotatable bonds is 5. The maximum atomic E-state index is 12.5. The summed E-state index contributed by atoms with van der Waals surface area (Å²) in [5.41, 5.74) is 11.1. The zero-order chi connectivity index (χ0) is 25.8. The average Bonchev–Trinajstić information content (AvgIpc) is 3.51. The molecule has 1 aliphatic rings. The van der Waals surface area contributed by atoms with Crippen LogP contribution in [0.25, 0.3) is 22.5 Å². The van der Waals surface area contributed by atoms with E-state index >= 15 is 0 Å². The van der Waals surface area contributed by atoms with Gasteiger partial charge in [0.05, 0.1) is 35.4 Å². The van der Waals surface area contributed by atoms with Gasteiger partial charge in [-0.05, 0) is 44.7 Å². The maximum absolute atomic E-state index is 12.5. The Morgan fingerprint density at radius 2 is 1.72 bits per heavy atom. The number of para-hydroxylation sites is 1. The van der Waals surface area contributed by atoms with Crippen molar-refractivity contribution in [1.29, 1.82) is 0 Å². The van der Waals surface area contributed by atoms with Crippen LogP contribution < -0.4 is 5.73 Å². The van der Waals surface area contributed by atoms with Crippen molar-refractivity contribution in [3.63, 3.8) is 0 Å². The molecule has 5 rings (SSSR count). The number of nitrogens with two attached hydrogens (primary N) is 1. The van der Waals surface area contributed by atoms with Gasteiger partial charge in [0, 0.05) is 30.4 Å². The highest BCUT2D eigenvalue weighted by Crippen LogP contribution is 2.37. The lowest BCUT2D eigenvalue weighted by molar-refractivity contribution is 0.0654. The smallest absolute Gasteiger partial charge is 0.450 e. The molecule has 188 valence electrons. The van der Waals surface area contributed by atoms with Gasteiger partial charge in [0.15, 0.2) is 11.4 Å². The quantitative estimate of drug-likeness (QED) is 0.346. The molecule has 1 aromatic carbocycles. The minimum Gasteiger partial charge on any atom is -0.450 e. The van der Waals surface area contributed by atoms with Crippen molar-refractivity contribution in [2.45, 2.75) is 44.6 Å². The number of nitrogen functional groups attached to an aromatic ring is 1. The Hall–Kier alpha value is -4.25. The van der Waals surface area contributed by atoms with E-state index in [0.717, 1.165) is 48.2 Å². The van der Waals surface area contributed by atoms with Crippen molar-refractivity contribution in [3.05, 3.63) is 60.2 Å². The Bertz CT molecular complexity index is 1370. The molecule has 0 unspecified atom stereocenters. The molecule has 1 fully saturated rings. The van der Waals surface area contributed by atoms with E-state index in [1.807, 2.05) is 41.2 Å². The first-order chi connectivity index (χ1) is 17.3. The summed E-state index contributed by atoms with van der Waals surface area (Å²) in [6.45, 7) is 1.54. The van der Waals surface area contributed by atoms with Gasteiger partial charge in [-0.2, -0.15) is 14.7 Å². The second-order valence-electron chi connectivity index (χ2n) is 8.61. The van der Waals surface area contributed by atoms with Crippen LogP contribution in [0.3, 0.4) is 0 Å². The molecular weight excluding hydrogens is 464 g/mol. The van der Waals surface area contributed by atoms with Crippen molar-refractivity contribution in [1.82, 2.24) is 24.4 Å². The molecule has 3 aromatic heterocycles. The molecule has 4 N–H and O–H groups in total. The maximum Gasteiger partial charge on any atom is 0.503 e. The van der Waals surface area contributed by atoms with E-state index in [1.165, 1.54) is 6.92 Å². The molecule has 11 heteroatoms. The molecule has 0 radical (unpaired) electrons. The number of methoxy groups -OCH3 is 1. The number of fused-ring (bicyclic) bond motifs is 1. The fourth-order valence-electron chi connectivity index (χ4n) is 4.65. The molecule has 1 aliphatic carbocycles. The van der Waals surface area contributed by atoms with Crippen LogP contribution in [0.5, 0.6) is 0 Å². The normalized spacial score (nSPS) is 17.4. The Kier molecular flexibility index (Phi) is 7.30. The highest BCUT2D eigenvalue weighted by molar-refractivity contribution is 6.00. The predicted octanol–water partition coefficient (Wildman–Crippen LogP) is 4.26. The number of carboxylic acid groups (broad SMARTS) is 2. The van der Waals surface area contributed by atoms with Crippen molar-refractivity contribution in [2.24, 2.45) is 0 Å². The number of aromatic nitrogens is 5. The first-order valence-corrected chi connectivity index (χ1v) is 11.5. The molecule has 3 heterocycles. The Morgan fingerprint density at radius 3 is 2.33 bits per heavy atom. The zero-order valence-corrected chi connectivity index (χ0v) is 20.0. The molecule has 0 spiro atoms. The summed E-state index contributed by atoms with van der Waals surface area (Å²) in [4.78, 5) is 26.1. The van der Waals surface area contributed by atoms with Crippen LogP contribution in [-0.4, -0.2) is 59.7 Å². The Labute approximate surface area is 207 Å². The number of ketones is 1. The largest absolute Gasteiger partial charge is 0.503 e. The van der Waals surface area contributed by atoms with Gasteiger partial charge >= 0.3 is 6.16 Å². The Morgan fingerprint density at radius 1 is 1.06 bits per heavy atom. The molecule has 1 saturated carbocycles. The number of carbonyl (C=O) groups is 2. The van der Waals surface area contributed by atoms with Crippen molar-refractivity contribution >= 4 is 23.4 Å². The first-order valence-electron chi connectivity index (χ1n) is 11.5. The fraction of sp³-hybridized carbons (Fsp3) is 0.320. The summed E-state index contributed by atoms with van der Waals surface area (Å²) >= 11 is 0. The van der Waals surface area contributed by atoms with E-state index in [2.05, 4.69) is 10.2 Å². The minimum absolute atomic E-state index is 0.0882. The lowest BCUT2D eigenvalue weighted by Crippen LogP contribution is -2.22. The zero-order valence-electron chi connectivity index (χ0n) is 20.0. The van der Waals surface area contributed by atoms with E-state index < -0.39 is 6.16 Å². The van der Waals surface area contributed by atoms with Gasteiger partial charge in [0.2, 0.25) is 0 Å². The number of hydrogen-bond acceptors (Lipinski definition) is 7. The van der Waals surface area contributed by atoms with Crippen LogP contribution in [0, 0.1) is 0 Å². The topological polar surface area (TPSA) is 158 Å². The molecule has 36 heavy (non-hydrogen) atoms. The van der Waals surface area contributed by atoms with Gasteiger partial charge < -0.3 is 20.7 Å². The lowest BCUT2D eigenvalue weighted by atomic mass is 9.83. The summed E-state index contributed by atoms with van der Waals surface area (Å²) < 4.78 is 8.90. The van der Waals surface area contributed by atoms with Gasteiger partial charge in [-0.1, -0.05) is 18.2 Å². The van der Waals surface area contributed by atoms with Gasteiger partial charge in [0.25, 0.3) is 0 Å². The van der Waals surface area contributed by atoms with E-state index in [4.69, 9.17) is 30.5 Å². The lowest BCUT2D eigenvalue weighted by Gasteiger charge is -2.28. The average molecular weight is 493 g/mol. The highest BCUT2D eigenvalue weighted by Gasteiger charge is 2.29. The number of ether oxygens (including phenoxy) is 1. The minimum atomic E-state index is -1.83. The van der Waals surface area contributed by atoms with Crippen LogP contribution in [0.1, 0.15) is 54.6 Å². The number of Topliss-reactive ketones (excluding diaryl/α,β-unsaturated/α-hetero) is 1. The predicted molar refractivity (Wildman–Crippen MR) is 133 cm³/mol. The van der Waals surface area contributed by atoms with Gasteiger partial charge in [-0.15, -0.1) is 0 Å². The SMILES string of the molecule is CO[C@H]1CC[C@H](c2nc3c(-c4cnn(-c5ccccc5)c4)cnn3c(N)c2C(C)=O)CC1.O=C(O)O. The van der Waals surface area contributed by atoms with Crippen LogP contribution >= 0.6 is 0 Å². The molecule has 4 aromatic rings. The molecule has 0 amide bonds. The number of benzene rings is 1. The van der Waals surface area contributed by atoms with E-state index in [-0.39, 0.29) is 17.8 Å². The highest BCUT2D eigenvalue weighted by atomic mass is 16.6. The molecule has 0 saturated heterocycles. The van der Waals surface area contributed by atoms with E-state index in [1.54, 1.807) is 24.0 Å². The number of anilines is 1. The van der Waals surface area contributed by atoms with E-state index in [0.29, 0.717) is 17.0 Å². The van der Waals surface area contributed by atoms with Gasteiger partial charge in [-0.3, -0.25) is 4.79 Å². The fourth-order valence-corrected chi connectivity index (χ4v) is 4.65. The second-order valence-corrected chi connectivity index (χ2v) is 8.61. The molecule has 0 bridgehead atoms. The van der Waals surface area contributed by atoms with Crippen molar-refractivity contribution in [2.75, 3.05) is 12.8 Å². The third-order valence-electron chi connectivity index (χ3n) is 6.37. The standard InChI is InChI=1S/C24H26N6O2.CH2O3/c1-15(31)21-22(16-8-10-19(32-2)11-9-16)28-24-20(13-27-30(24)23(21)25)17-12-26-29(14-17)18-6-4-3-5-7-18;2-1(3)4/h3-7,12-14,16,19H,8-11,25H2,1-2H3;(H2,2,3,4)/t16-,19-;. The second kappa shape index (κ2) is 10.6. The third-order valence-corrected chi connectivity index (χ3v) is 6.37. The van der Waals surface area contributed by atoms with Crippen molar-refractivity contribution in [3.8, 4) is 16.8 Å². The van der Waals surface area contributed by atoms with Crippen LogP contribution in [0.2, 0.25) is 0 Å². The number of carbonyl (C=O) groups excluding carboxylic acids is 1. The van der Waals surface area contributed by atoms with Crippen molar-refractivity contribution < 1.29 is 24.5 Å². The molecule has 0 aliphatic heterocycles. The number of hydrogen-bond donors (Lipinski definition) is 3. The first kappa shape index (κ1) is 24.9. The summed E-state index contributed by atoms with van der Waals surface area (Å²) in [5, 5.41) is 22.9.